The van der Waals surface area contributed by atoms with Gasteiger partial charge in [-0.05, 0) is 14.0 Å². The van der Waals surface area contributed by atoms with Gasteiger partial charge in [-0.25, -0.2) is 4.98 Å². The van der Waals surface area contributed by atoms with Gasteiger partial charge in [-0.1, -0.05) is 0 Å². The lowest BCUT2D eigenvalue weighted by Crippen LogP contribution is -2.52. The van der Waals surface area contributed by atoms with E-state index < -0.39 is 0 Å². The number of aromatic nitrogens is 2. The van der Waals surface area contributed by atoms with Crippen LogP contribution in [0.1, 0.15) is 6.92 Å². The number of nitrogens with zero attached hydrogens (tertiary/aromatic N) is 3. The molecule has 100 valence electrons. The molecule has 1 aliphatic heterocycles. The van der Waals surface area contributed by atoms with Crippen molar-refractivity contribution in [2.24, 2.45) is 0 Å². The molecule has 6 nitrogen and oxygen atoms in total. The molecule has 18 heavy (non-hydrogen) atoms. The van der Waals surface area contributed by atoms with Crippen LogP contribution in [0.3, 0.4) is 0 Å². The summed E-state index contributed by atoms with van der Waals surface area (Å²) in [5.74, 6) is 0.530. The fourth-order valence-electron chi connectivity index (χ4n) is 2.22. The first-order valence-corrected chi connectivity index (χ1v) is 6.32. The van der Waals surface area contributed by atoms with E-state index in [1.165, 1.54) is 0 Å². The van der Waals surface area contributed by atoms with Crippen molar-refractivity contribution < 1.29 is 4.74 Å². The van der Waals surface area contributed by atoms with E-state index in [4.69, 9.17) is 4.74 Å². The van der Waals surface area contributed by atoms with Crippen LogP contribution in [0.15, 0.2) is 17.2 Å². The van der Waals surface area contributed by atoms with Gasteiger partial charge in [-0.2, -0.15) is 0 Å². The van der Waals surface area contributed by atoms with Crippen molar-refractivity contribution in [3.8, 4) is 0 Å². The van der Waals surface area contributed by atoms with Gasteiger partial charge in [0.05, 0.1) is 19.3 Å². The summed E-state index contributed by atoms with van der Waals surface area (Å²) in [6, 6.07) is 0.164. The minimum absolute atomic E-state index is 0.0250. The summed E-state index contributed by atoms with van der Waals surface area (Å²) < 4.78 is 7.14. The molecule has 0 amide bonds. The molecule has 1 saturated heterocycles. The van der Waals surface area contributed by atoms with Crippen LogP contribution in [0.25, 0.3) is 0 Å². The van der Waals surface area contributed by atoms with Gasteiger partial charge < -0.3 is 19.5 Å². The maximum Gasteiger partial charge on any atom is 0.293 e. The first kappa shape index (κ1) is 13.0. The highest BCUT2D eigenvalue weighted by atomic mass is 16.5. The van der Waals surface area contributed by atoms with Crippen LogP contribution in [0.2, 0.25) is 0 Å². The van der Waals surface area contributed by atoms with Crippen LogP contribution in [0.5, 0.6) is 0 Å². The Morgan fingerprint density at radius 2 is 2.44 bits per heavy atom. The lowest BCUT2D eigenvalue weighted by molar-refractivity contribution is 0.0937. The van der Waals surface area contributed by atoms with Crippen LogP contribution in [0.4, 0.5) is 5.82 Å². The fourth-order valence-corrected chi connectivity index (χ4v) is 2.22. The Morgan fingerprint density at radius 1 is 1.61 bits per heavy atom. The van der Waals surface area contributed by atoms with Gasteiger partial charge in [0.1, 0.15) is 0 Å². The summed E-state index contributed by atoms with van der Waals surface area (Å²) >= 11 is 0. The third-order valence-corrected chi connectivity index (χ3v) is 3.18. The number of hydrogen-bond donors (Lipinski definition) is 1. The molecule has 0 aliphatic carbocycles. The van der Waals surface area contributed by atoms with Crippen molar-refractivity contribution in [1.82, 2.24) is 14.9 Å². The molecule has 0 bridgehead atoms. The monoisotopic (exact) mass is 252 g/mol. The van der Waals surface area contributed by atoms with E-state index in [1.54, 1.807) is 17.0 Å². The summed E-state index contributed by atoms with van der Waals surface area (Å²) in [5, 5.41) is 3.13. The minimum atomic E-state index is -0.0250. The normalized spacial score (nSPS) is 20.1. The van der Waals surface area contributed by atoms with Crippen LogP contribution < -0.4 is 15.8 Å². The summed E-state index contributed by atoms with van der Waals surface area (Å²) in [4.78, 5) is 18.5. The van der Waals surface area contributed by atoms with Crippen molar-refractivity contribution in [1.29, 1.82) is 0 Å². The maximum absolute atomic E-state index is 12.2. The number of hydrogen-bond acceptors (Lipinski definition) is 5. The molecule has 2 rings (SSSR count). The van der Waals surface area contributed by atoms with Crippen molar-refractivity contribution in [2.75, 3.05) is 38.3 Å². The second-order valence-corrected chi connectivity index (χ2v) is 4.32. The highest BCUT2D eigenvalue weighted by Gasteiger charge is 2.25. The smallest absolute Gasteiger partial charge is 0.293 e. The molecule has 1 aromatic rings. The predicted octanol–water partition coefficient (Wildman–Crippen LogP) is -0.312. The van der Waals surface area contributed by atoms with Gasteiger partial charge >= 0.3 is 0 Å². The number of likely N-dealkylation sites (N-methyl/N-ethyl adjacent to an activating group) is 1. The molecule has 2 heterocycles. The van der Waals surface area contributed by atoms with E-state index in [0.717, 1.165) is 6.54 Å². The van der Waals surface area contributed by atoms with E-state index >= 15 is 0 Å². The zero-order chi connectivity index (χ0) is 13.0. The lowest BCUT2D eigenvalue weighted by Gasteiger charge is -2.35. The Kier molecular flexibility index (Phi) is 4.33. The number of ether oxygens (including phenoxy) is 1. The van der Waals surface area contributed by atoms with Gasteiger partial charge in [0.25, 0.3) is 5.56 Å². The molecular formula is C12H20N4O2. The van der Waals surface area contributed by atoms with Crippen molar-refractivity contribution >= 4 is 5.82 Å². The zero-order valence-electron chi connectivity index (χ0n) is 10.9. The summed E-state index contributed by atoms with van der Waals surface area (Å²) in [6.45, 7) is 5.38. The first-order valence-electron chi connectivity index (χ1n) is 6.32. The second-order valence-electron chi connectivity index (χ2n) is 4.32. The maximum atomic E-state index is 12.2. The average Bonchev–Trinajstić information content (AvgIpc) is 2.40. The average molecular weight is 252 g/mol. The van der Waals surface area contributed by atoms with E-state index in [1.807, 2.05) is 14.0 Å². The van der Waals surface area contributed by atoms with Gasteiger partial charge in [-0.3, -0.25) is 4.79 Å². The largest absolute Gasteiger partial charge is 0.377 e. The Hall–Kier alpha value is -1.40. The van der Waals surface area contributed by atoms with Crippen LogP contribution in [0, 0.1) is 0 Å². The highest BCUT2D eigenvalue weighted by Crippen LogP contribution is 2.12. The molecule has 0 spiro atoms. The van der Waals surface area contributed by atoms with Gasteiger partial charge in [0.15, 0.2) is 5.82 Å². The summed E-state index contributed by atoms with van der Waals surface area (Å²) in [7, 11) is 1.90. The van der Waals surface area contributed by atoms with E-state index in [2.05, 4.69) is 15.2 Å². The van der Waals surface area contributed by atoms with Crippen molar-refractivity contribution in [2.45, 2.75) is 19.5 Å². The zero-order valence-corrected chi connectivity index (χ0v) is 10.9. The Labute approximate surface area is 107 Å². The first-order chi connectivity index (χ1) is 8.77. The van der Waals surface area contributed by atoms with Crippen LogP contribution in [-0.2, 0) is 11.3 Å². The third-order valence-electron chi connectivity index (χ3n) is 3.18. The van der Waals surface area contributed by atoms with Gasteiger partial charge in [0, 0.05) is 32.0 Å². The quantitative estimate of drug-likeness (QED) is 0.796. The molecular weight excluding hydrogens is 232 g/mol. The summed E-state index contributed by atoms with van der Waals surface area (Å²) in [6.07, 6.45) is 3.41. The molecule has 0 radical (unpaired) electrons. The van der Waals surface area contributed by atoms with Crippen molar-refractivity contribution in [3.63, 3.8) is 0 Å². The molecule has 1 fully saturated rings. The second kappa shape index (κ2) is 5.97. The fraction of sp³-hybridized carbons (Fsp3) is 0.667. The Bertz CT molecular complexity index is 444. The lowest BCUT2D eigenvalue weighted by atomic mass is 10.2. The van der Waals surface area contributed by atoms with E-state index in [9.17, 15) is 4.79 Å². The molecule has 6 heteroatoms. The van der Waals surface area contributed by atoms with Gasteiger partial charge in [0.2, 0.25) is 0 Å². The molecule has 1 aromatic heterocycles. The minimum Gasteiger partial charge on any atom is -0.377 e. The molecule has 0 aromatic carbocycles. The molecule has 1 aliphatic rings. The molecule has 1 N–H and O–H groups in total. The number of nitrogens with one attached hydrogen (secondary N) is 1. The third kappa shape index (κ3) is 2.54. The molecule has 1 atom stereocenters. The number of rotatable bonds is 4. The molecule has 1 unspecified atom stereocenters. The number of anilines is 1. The van der Waals surface area contributed by atoms with Crippen LogP contribution in [-0.4, -0.2) is 48.9 Å². The molecule has 0 saturated carbocycles. The number of morpholine rings is 1. The Morgan fingerprint density at radius 3 is 3.17 bits per heavy atom. The van der Waals surface area contributed by atoms with Crippen molar-refractivity contribution in [3.05, 3.63) is 22.7 Å². The van der Waals surface area contributed by atoms with Gasteiger partial charge in [-0.15, -0.1) is 0 Å². The van der Waals surface area contributed by atoms with Crippen LogP contribution >= 0.6 is 0 Å². The standard InChI is InChI=1S/C12H20N4O2/c1-3-15-5-4-14-11(12(15)17)16-6-7-18-9-10(16)8-13-2/h4-5,10,13H,3,6-9H2,1-2H3. The van der Waals surface area contributed by atoms with E-state index in [0.29, 0.717) is 32.1 Å². The topological polar surface area (TPSA) is 59.4 Å². The predicted molar refractivity (Wildman–Crippen MR) is 70.1 cm³/mol. The number of aryl methyl sites for hydroxylation is 1. The summed E-state index contributed by atoms with van der Waals surface area (Å²) in [5.41, 5.74) is -0.0250. The Balaban J connectivity index is 2.30. The van der Waals surface area contributed by atoms with E-state index in [-0.39, 0.29) is 11.6 Å². The highest BCUT2D eigenvalue weighted by molar-refractivity contribution is 5.38. The SMILES string of the molecule is CCn1ccnc(N2CCOCC2CNC)c1=O.